The lowest BCUT2D eigenvalue weighted by molar-refractivity contribution is 0.367. The summed E-state index contributed by atoms with van der Waals surface area (Å²) in [6.07, 6.45) is 27.2. The average Bonchev–Trinajstić information content (AvgIpc) is 2.57. The molecule has 0 N–H and O–H groups in total. The van der Waals surface area contributed by atoms with Crippen molar-refractivity contribution in [1.82, 2.24) is 0 Å². The molecule has 0 aromatic heterocycles. The maximum absolute atomic E-state index is 3.97. The van der Waals surface area contributed by atoms with Crippen molar-refractivity contribution in [3.05, 3.63) is 6.92 Å². The van der Waals surface area contributed by atoms with Gasteiger partial charge >= 0.3 is 0 Å². The van der Waals surface area contributed by atoms with Crippen LogP contribution in [0.4, 0.5) is 0 Å². The Morgan fingerprint density at radius 3 is 1.22 bits per heavy atom. The number of hydrogen-bond donors (Lipinski definition) is 0. The SMILES string of the molecule is [CH2]CCCCCC(CCCCCCC)CCCCCCCCC. The molecule has 0 spiro atoms. The van der Waals surface area contributed by atoms with Gasteiger partial charge in [-0.25, -0.2) is 0 Å². The summed E-state index contributed by atoms with van der Waals surface area (Å²) in [5.74, 6) is 1.03. The summed E-state index contributed by atoms with van der Waals surface area (Å²) < 4.78 is 0. The molecule has 1 radical (unpaired) electrons. The molecule has 0 bridgehead atoms. The van der Waals surface area contributed by atoms with Gasteiger partial charge in [0.2, 0.25) is 0 Å². The van der Waals surface area contributed by atoms with E-state index in [0.717, 1.165) is 12.3 Å². The van der Waals surface area contributed by atoms with Gasteiger partial charge in [0.15, 0.2) is 0 Å². The molecule has 0 rings (SSSR count). The van der Waals surface area contributed by atoms with Gasteiger partial charge in [-0.3, -0.25) is 0 Å². The zero-order valence-electron chi connectivity index (χ0n) is 16.7. The fourth-order valence-electron chi connectivity index (χ4n) is 3.65. The van der Waals surface area contributed by atoms with E-state index in [1.54, 1.807) is 0 Å². The average molecular weight is 324 g/mol. The highest BCUT2D eigenvalue weighted by atomic mass is 14.1. The fraction of sp³-hybridized carbons (Fsp3) is 0.957. The number of unbranched alkanes of at least 4 members (excludes halogenated alkanes) is 13. The van der Waals surface area contributed by atoms with E-state index in [1.165, 1.54) is 116 Å². The molecular formula is C23H47. The highest BCUT2D eigenvalue weighted by Gasteiger charge is 2.08. The van der Waals surface area contributed by atoms with Gasteiger partial charge in [0.1, 0.15) is 0 Å². The summed E-state index contributed by atoms with van der Waals surface area (Å²) in [7, 11) is 0. The minimum absolute atomic E-state index is 1.03. The Balaban J connectivity index is 3.69. The Morgan fingerprint density at radius 1 is 0.478 bits per heavy atom. The molecule has 0 heteroatoms. The highest BCUT2D eigenvalue weighted by molar-refractivity contribution is 4.62. The molecule has 0 aromatic carbocycles. The van der Waals surface area contributed by atoms with Crippen molar-refractivity contribution in [3.8, 4) is 0 Å². The van der Waals surface area contributed by atoms with Gasteiger partial charge in [-0.05, 0) is 5.92 Å². The Morgan fingerprint density at radius 2 is 0.826 bits per heavy atom. The first-order valence-corrected chi connectivity index (χ1v) is 11.1. The molecule has 0 heterocycles. The normalized spacial score (nSPS) is 12.7. The molecule has 1 atom stereocenters. The molecule has 0 fully saturated rings. The van der Waals surface area contributed by atoms with Gasteiger partial charge in [-0.15, -0.1) is 0 Å². The highest BCUT2D eigenvalue weighted by Crippen LogP contribution is 2.24. The van der Waals surface area contributed by atoms with Gasteiger partial charge in [0.05, 0.1) is 0 Å². The molecular weight excluding hydrogens is 276 g/mol. The molecule has 0 saturated carbocycles. The van der Waals surface area contributed by atoms with Crippen molar-refractivity contribution in [2.75, 3.05) is 0 Å². The van der Waals surface area contributed by atoms with Crippen LogP contribution in [-0.4, -0.2) is 0 Å². The summed E-state index contributed by atoms with van der Waals surface area (Å²) in [4.78, 5) is 0. The second-order valence-corrected chi connectivity index (χ2v) is 7.68. The third kappa shape index (κ3) is 18.2. The molecule has 0 nitrogen and oxygen atoms in total. The summed E-state index contributed by atoms with van der Waals surface area (Å²) in [5.41, 5.74) is 0. The van der Waals surface area contributed by atoms with Gasteiger partial charge in [-0.2, -0.15) is 0 Å². The molecule has 0 saturated heterocycles. The Labute approximate surface area is 149 Å². The van der Waals surface area contributed by atoms with E-state index in [4.69, 9.17) is 0 Å². The molecule has 0 amide bonds. The van der Waals surface area contributed by atoms with Crippen LogP contribution in [0.1, 0.15) is 136 Å². The second kappa shape index (κ2) is 20.0. The van der Waals surface area contributed by atoms with Crippen molar-refractivity contribution in [2.45, 2.75) is 136 Å². The lowest BCUT2D eigenvalue weighted by atomic mass is 9.89. The number of hydrogen-bond acceptors (Lipinski definition) is 0. The van der Waals surface area contributed by atoms with E-state index in [0.29, 0.717) is 0 Å². The van der Waals surface area contributed by atoms with Crippen LogP contribution in [0.2, 0.25) is 0 Å². The second-order valence-electron chi connectivity index (χ2n) is 7.68. The summed E-state index contributed by atoms with van der Waals surface area (Å²) in [6.45, 7) is 8.59. The van der Waals surface area contributed by atoms with Crippen molar-refractivity contribution < 1.29 is 0 Å². The Kier molecular flexibility index (Phi) is 20.0. The summed E-state index contributed by atoms with van der Waals surface area (Å²) in [6, 6.07) is 0. The Hall–Kier alpha value is 0. The Bertz CT molecular complexity index is 196. The van der Waals surface area contributed by atoms with Crippen molar-refractivity contribution in [3.63, 3.8) is 0 Å². The van der Waals surface area contributed by atoms with E-state index >= 15 is 0 Å². The van der Waals surface area contributed by atoms with Gasteiger partial charge in [0, 0.05) is 0 Å². The molecule has 0 aliphatic rings. The van der Waals surface area contributed by atoms with Crippen LogP contribution >= 0.6 is 0 Å². The topological polar surface area (TPSA) is 0 Å². The van der Waals surface area contributed by atoms with Crippen LogP contribution in [-0.2, 0) is 0 Å². The van der Waals surface area contributed by atoms with Crippen molar-refractivity contribution in [1.29, 1.82) is 0 Å². The minimum atomic E-state index is 1.03. The van der Waals surface area contributed by atoms with Crippen LogP contribution < -0.4 is 0 Å². The molecule has 139 valence electrons. The first-order chi connectivity index (χ1) is 11.3. The van der Waals surface area contributed by atoms with Gasteiger partial charge in [-0.1, -0.05) is 143 Å². The lowest BCUT2D eigenvalue weighted by Crippen LogP contribution is -2.01. The van der Waals surface area contributed by atoms with E-state index < -0.39 is 0 Å². The first kappa shape index (κ1) is 23.0. The van der Waals surface area contributed by atoms with Crippen molar-refractivity contribution >= 4 is 0 Å². The van der Waals surface area contributed by atoms with E-state index in [2.05, 4.69) is 20.8 Å². The molecule has 0 aromatic rings. The zero-order chi connectivity index (χ0) is 17.0. The van der Waals surface area contributed by atoms with Crippen LogP contribution in [0.15, 0.2) is 0 Å². The zero-order valence-corrected chi connectivity index (χ0v) is 16.7. The van der Waals surface area contributed by atoms with E-state index in [9.17, 15) is 0 Å². The molecule has 0 aliphatic carbocycles. The van der Waals surface area contributed by atoms with Crippen LogP contribution in [0.5, 0.6) is 0 Å². The van der Waals surface area contributed by atoms with Crippen LogP contribution in [0.25, 0.3) is 0 Å². The van der Waals surface area contributed by atoms with E-state index in [-0.39, 0.29) is 0 Å². The summed E-state index contributed by atoms with van der Waals surface area (Å²) in [5, 5.41) is 0. The van der Waals surface area contributed by atoms with Crippen LogP contribution in [0.3, 0.4) is 0 Å². The van der Waals surface area contributed by atoms with Gasteiger partial charge in [0.25, 0.3) is 0 Å². The largest absolute Gasteiger partial charge is 0.0654 e. The van der Waals surface area contributed by atoms with E-state index in [1.807, 2.05) is 0 Å². The molecule has 1 unspecified atom stereocenters. The maximum atomic E-state index is 3.97. The summed E-state index contributed by atoms with van der Waals surface area (Å²) >= 11 is 0. The predicted molar refractivity (Wildman–Crippen MR) is 108 cm³/mol. The third-order valence-corrected chi connectivity index (χ3v) is 5.29. The maximum Gasteiger partial charge on any atom is -0.0414 e. The third-order valence-electron chi connectivity index (χ3n) is 5.29. The molecule has 23 heavy (non-hydrogen) atoms. The lowest BCUT2D eigenvalue weighted by Gasteiger charge is -2.17. The monoisotopic (exact) mass is 323 g/mol. The smallest absolute Gasteiger partial charge is 0.0414 e. The first-order valence-electron chi connectivity index (χ1n) is 11.1. The van der Waals surface area contributed by atoms with Gasteiger partial charge < -0.3 is 0 Å². The predicted octanol–water partition coefficient (Wildman–Crippen LogP) is 8.89. The van der Waals surface area contributed by atoms with Crippen LogP contribution in [0, 0.1) is 12.8 Å². The quantitative estimate of drug-likeness (QED) is 0.208. The fourth-order valence-corrected chi connectivity index (χ4v) is 3.65. The number of rotatable bonds is 19. The van der Waals surface area contributed by atoms with Crippen molar-refractivity contribution in [2.24, 2.45) is 5.92 Å². The molecule has 0 aliphatic heterocycles. The minimum Gasteiger partial charge on any atom is -0.0654 e. The standard InChI is InChI=1S/C23H47/c1-4-7-10-13-14-16-19-22-23(20-17-12-9-6-3)21-18-15-11-8-5-2/h23H,3-22H2,1-2H3.